The number of rotatable bonds is 6. The van der Waals surface area contributed by atoms with Crippen LogP contribution in [0.25, 0.3) is 10.2 Å². The average Bonchev–Trinajstić information content (AvgIpc) is 3.32. The number of hydrogen-bond acceptors (Lipinski definition) is 7. The molecule has 0 unspecified atom stereocenters. The first-order valence-electron chi connectivity index (χ1n) is 8.86. The van der Waals surface area contributed by atoms with Crippen LogP contribution in [-0.4, -0.2) is 31.1 Å². The van der Waals surface area contributed by atoms with E-state index in [-0.39, 0.29) is 18.6 Å². The Hall–Kier alpha value is -3.04. The van der Waals surface area contributed by atoms with Gasteiger partial charge in [0.15, 0.2) is 11.0 Å². The van der Waals surface area contributed by atoms with Crippen LogP contribution in [0.2, 0.25) is 5.02 Å². The third-order valence-corrected chi connectivity index (χ3v) is 5.25. The van der Waals surface area contributed by atoms with E-state index in [4.69, 9.17) is 16.3 Å². The summed E-state index contributed by atoms with van der Waals surface area (Å²) in [6.45, 7) is 4.18. The van der Waals surface area contributed by atoms with E-state index < -0.39 is 0 Å². The van der Waals surface area contributed by atoms with Crippen molar-refractivity contribution in [1.29, 1.82) is 0 Å². The molecule has 0 saturated heterocycles. The summed E-state index contributed by atoms with van der Waals surface area (Å²) in [5, 5.41) is 15.6. The zero-order valence-electron chi connectivity index (χ0n) is 15.7. The molecule has 0 aliphatic heterocycles. The molecule has 148 valence electrons. The van der Waals surface area contributed by atoms with Gasteiger partial charge in [-0.2, -0.15) is 0 Å². The smallest absolute Gasteiger partial charge is 0.257 e. The molecule has 0 fully saturated rings. The molecule has 1 amide bonds. The van der Waals surface area contributed by atoms with Crippen LogP contribution >= 0.6 is 22.9 Å². The molecule has 0 aliphatic carbocycles. The van der Waals surface area contributed by atoms with Gasteiger partial charge in [0.2, 0.25) is 0 Å². The molecule has 4 aromatic rings. The Morgan fingerprint density at radius 3 is 2.97 bits per heavy atom. The van der Waals surface area contributed by atoms with Crippen LogP contribution in [0.15, 0.2) is 42.5 Å². The number of amides is 1. The fourth-order valence-electron chi connectivity index (χ4n) is 2.70. The lowest BCUT2D eigenvalue weighted by Crippen LogP contribution is -2.12. The second kappa shape index (κ2) is 8.14. The summed E-state index contributed by atoms with van der Waals surface area (Å²) in [5.41, 5.74) is 1.25. The molecule has 0 radical (unpaired) electrons. The standard InChI is InChI=1S/C19H17ClN6O2S/c1-11(2)26-17(23-24-25-26)10-28-14-5-3-4-12(8-14)18(27)22-19-21-15-7-6-13(20)9-16(15)29-19/h3-9,11H,10H2,1-2H3,(H,21,22,27). The van der Waals surface area contributed by atoms with Gasteiger partial charge in [-0.3, -0.25) is 10.1 Å². The summed E-state index contributed by atoms with van der Waals surface area (Å²) in [6.07, 6.45) is 0. The lowest BCUT2D eigenvalue weighted by Gasteiger charge is -2.10. The van der Waals surface area contributed by atoms with Gasteiger partial charge in [-0.15, -0.1) is 5.10 Å². The lowest BCUT2D eigenvalue weighted by atomic mass is 10.2. The Labute approximate surface area is 175 Å². The van der Waals surface area contributed by atoms with E-state index in [1.807, 2.05) is 26.0 Å². The third-order valence-electron chi connectivity index (χ3n) is 4.09. The molecule has 0 saturated carbocycles. The SMILES string of the molecule is CC(C)n1nnnc1COc1cccc(C(=O)Nc2nc3ccc(Cl)cc3s2)c1. The number of aromatic nitrogens is 5. The molecule has 0 atom stereocenters. The van der Waals surface area contributed by atoms with Crippen molar-refractivity contribution >= 4 is 44.2 Å². The average molecular weight is 429 g/mol. The van der Waals surface area contributed by atoms with Crippen molar-refractivity contribution in [1.82, 2.24) is 25.2 Å². The van der Waals surface area contributed by atoms with Crippen LogP contribution in [0.4, 0.5) is 5.13 Å². The number of tetrazole rings is 1. The normalized spacial score (nSPS) is 11.2. The maximum absolute atomic E-state index is 12.6. The number of hydrogen-bond donors (Lipinski definition) is 1. The molecular weight excluding hydrogens is 412 g/mol. The summed E-state index contributed by atoms with van der Waals surface area (Å²) in [5.74, 6) is 0.891. The van der Waals surface area contributed by atoms with Gasteiger partial charge in [0.25, 0.3) is 5.91 Å². The largest absolute Gasteiger partial charge is 0.486 e. The number of carbonyl (C=O) groups is 1. The summed E-state index contributed by atoms with van der Waals surface area (Å²) >= 11 is 7.37. The number of carbonyl (C=O) groups excluding carboxylic acids is 1. The quantitative estimate of drug-likeness (QED) is 0.490. The number of fused-ring (bicyclic) bond motifs is 1. The van der Waals surface area contributed by atoms with E-state index in [2.05, 4.69) is 25.8 Å². The first-order chi connectivity index (χ1) is 14.0. The summed E-state index contributed by atoms with van der Waals surface area (Å²) in [6, 6.07) is 12.5. The van der Waals surface area contributed by atoms with Crippen molar-refractivity contribution in [3.8, 4) is 5.75 Å². The van der Waals surface area contributed by atoms with Crippen molar-refractivity contribution in [3.63, 3.8) is 0 Å². The first-order valence-corrected chi connectivity index (χ1v) is 10.1. The number of benzene rings is 2. The number of nitrogens with zero attached hydrogens (tertiary/aromatic N) is 5. The highest BCUT2D eigenvalue weighted by Gasteiger charge is 2.13. The van der Waals surface area contributed by atoms with Crippen molar-refractivity contribution < 1.29 is 9.53 Å². The molecule has 4 rings (SSSR count). The Morgan fingerprint density at radius 2 is 2.14 bits per heavy atom. The van der Waals surface area contributed by atoms with E-state index in [1.54, 1.807) is 35.0 Å². The van der Waals surface area contributed by atoms with Crippen LogP contribution in [-0.2, 0) is 6.61 Å². The first kappa shape index (κ1) is 19.3. The van der Waals surface area contributed by atoms with Crippen molar-refractivity contribution in [2.24, 2.45) is 0 Å². The van der Waals surface area contributed by atoms with Gasteiger partial charge < -0.3 is 4.74 Å². The predicted molar refractivity (Wildman–Crippen MR) is 112 cm³/mol. The van der Waals surface area contributed by atoms with Gasteiger partial charge in [0, 0.05) is 10.6 Å². The minimum absolute atomic E-state index is 0.129. The number of ether oxygens (including phenoxy) is 1. The van der Waals surface area contributed by atoms with E-state index in [1.165, 1.54) is 11.3 Å². The Balaban J connectivity index is 1.45. The van der Waals surface area contributed by atoms with E-state index >= 15 is 0 Å². The van der Waals surface area contributed by atoms with Crippen molar-refractivity contribution in [2.75, 3.05) is 5.32 Å². The Morgan fingerprint density at radius 1 is 1.28 bits per heavy atom. The molecule has 29 heavy (non-hydrogen) atoms. The second-order valence-corrected chi connectivity index (χ2v) is 8.00. The Kier molecular flexibility index (Phi) is 5.41. The zero-order chi connectivity index (χ0) is 20.4. The molecule has 0 bridgehead atoms. The Bertz CT molecular complexity index is 1170. The summed E-state index contributed by atoms with van der Waals surface area (Å²) in [7, 11) is 0. The maximum atomic E-state index is 12.6. The fraction of sp³-hybridized carbons (Fsp3) is 0.211. The van der Waals surface area contributed by atoms with Crippen LogP contribution in [0.5, 0.6) is 5.75 Å². The van der Waals surface area contributed by atoms with Crippen LogP contribution in [0, 0.1) is 0 Å². The van der Waals surface area contributed by atoms with E-state index in [0.717, 1.165) is 10.2 Å². The molecule has 1 N–H and O–H groups in total. The molecule has 0 aliphatic rings. The fourth-order valence-corrected chi connectivity index (χ4v) is 3.84. The van der Waals surface area contributed by atoms with Crippen LogP contribution < -0.4 is 10.1 Å². The van der Waals surface area contributed by atoms with Gasteiger partial charge in [-0.25, -0.2) is 9.67 Å². The van der Waals surface area contributed by atoms with E-state index in [0.29, 0.717) is 27.3 Å². The number of halogens is 1. The third kappa shape index (κ3) is 4.36. The summed E-state index contributed by atoms with van der Waals surface area (Å²) < 4.78 is 8.37. The predicted octanol–water partition coefficient (Wildman–Crippen LogP) is 4.35. The molecular formula is C19H17ClN6O2S. The van der Waals surface area contributed by atoms with Gasteiger partial charge in [0.05, 0.1) is 16.3 Å². The zero-order valence-corrected chi connectivity index (χ0v) is 17.2. The molecule has 10 heteroatoms. The molecule has 0 spiro atoms. The van der Waals surface area contributed by atoms with Crippen molar-refractivity contribution in [2.45, 2.75) is 26.5 Å². The van der Waals surface area contributed by atoms with Gasteiger partial charge in [-0.05, 0) is 60.7 Å². The minimum atomic E-state index is -0.271. The topological polar surface area (TPSA) is 94.8 Å². The monoisotopic (exact) mass is 428 g/mol. The van der Waals surface area contributed by atoms with Crippen LogP contribution in [0.1, 0.15) is 36.1 Å². The highest BCUT2D eigenvalue weighted by atomic mass is 35.5. The molecule has 2 aromatic carbocycles. The van der Waals surface area contributed by atoms with Gasteiger partial charge in [0.1, 0.15) is 12.4 Å². The molecule has 2 aromatic heterocycles. The van der Waals surface area contributed by atoms with Gasteiger partial charge in [-0.1, -0.05) is 29.0 Å². The highest BCUT2D eigenvalue weighted by molar-refractivity contribution is 7.22. The van der Waals surface area contributed by atoms with E-state index in [9.17, 15) is 4.79 Å². The number of anilines is 1. The van der Waals surface area contributed by atoms with Crippen LogP contribution in [0.3, 0.4) is 0 Å². The lowest BCUT2D eigenvalue weighted by molar-refractivity contribution is 0.102. The highest BCUT2D eigenvalue weighted by Crippen LogP contribution is 2.28. The molecule has 8 nitrogen and oxygen atoms in total. The van der Waals surface area contributed by atoms with Gasteiger partial charge >= 0.3 is 0 Å². The number of thiazole rings is 1. The van der Waals surface area contributed by atoms with Crippen molar-refractivity contribution in [3.05, 3.63) is 58.9 Å². The second-order valence-electron chi connectivity index (χ2n) is 6.54. The minimum Gasteiger partial charge on any atom is -0.486 e. The summed E-state index contributed by atoms with van der Waals surface area (Å²) in [4.78, 5) is 17.0. The molecule has 2 heterocycles. The number of nitrogens with one attached hydrogen (secondary N) is 1. The maximum Gasteiger partial charge on any atom is 0.257 e.